The molecule has 0 bridgehead atoms. The second kappa shape index (κ2) is 12.1. The molecule has 6 rings (SSSR count). The van der Waals surface area contributed by atoms with Crippen molar-refractivity contribution in [3.05, 3.63) is 103 Å². The number of benzene rings is 3. The number of methoxy groups -OCH3 is 2. The predicted octanol–water partition coefficient (Wildman–Crippen LogP) is 8.10. The molecular weight excluding hydrogens is 629 g/mol. The van der Waals surface area contributed by atoms with Crippen LogP contribution in [0.25, 0.3) is 11.3 Å². The van der Waals surface area contributed by atoms with Crippen molar-refractivity contribution in [2.75, 3.05) is 14.2 Å². The molecular formula is C33H28Cl3NO7. The van der Waals surface area contributed by atoms with Gasteiger partial charge in [-0.05, 0) is 73.6 Å². The van der Waals surface area contributed by atoms with E-state index in [9.17, 15) is 14.7 Å². The summed E-state index contributed by atoms with van der Waals surface area (Å²) in [7, 11) is 2.50. The van der Waals surface area contributed by atoms with Crippen molar-refractivity contribution in [3.8, 4) is 17.0 Å². The lowest BCUT2D eigenvalue weighted by Crippen LogP contribution is -2.40. The summed E-state index contributed by atoms with van der Waals surface area (Å²) in [6.07, 6.45) is 2.77. The Morgan fingerprint density at radius 1 is 0.909 bits per heavy atom. The summed E-state index contributed by atoms with van der Waals surface area (Å²) in [5.74, 6) is 0.225. The van der Waals surface area contributed by atoms with Gasteiger partial charge in [-0.3, -0.25) is 0 Å². The van der Waals surface area contributed by atoms with Crippen LogP contribution in [0.3, 0.4) is 0 Å². The van der Waals surface area contributed by atoms with E-state index in [0.717, 1.165) is 29.7 Å². The maximum atomic E-state index is 12.3. The number of halogens is 3. The van der Waals surface area contributed by atoms with Gasteiger partial charge in [0.15, 0.2) is 0 Å². The molecule has 1 heterocycles. The standard InChI is InChI=1S/C33H28Cl3NO7/c1-41-31(38)21-10-8-18(12-22(21)32(39)42-2)19-14-33(40,15-19)24-11-9-20(13-27(24)36)43-16-23-29(37-44-30(23)17-6-7-17)28-25(34)4-3-5-26(28)35/h3-5,8-13,17,19,40H,6-7,14-16H2,1-2H3. The zero-order chi connectivity index (χ0) is 31.2. The number of esters is 2. The molecule has 2 aliphatic carbocycles. The number of carbonyl (C=O) groups is 2. The van der Waals surface area contributed by atoms with Crippen molar-refractivity contribution in [2.24, 2.45) is 0 Å². The van der Waals surface area contributed by atoms with Crippen molar-refractivity contribution in [1.82, 2.24) is 5.16 Å². The Kier molecular flexibility index (Phi) is 8.37. The summed E-state index contributed by atoms with van der Waals surface area (Å²) >= 11 is 19.6. The fourth-order valence-corrected chi connectivity index (χ4v) is 6.68. The normalized spacial score (nSPS) is 19.3. The first-order chi connectivity index (χ1) is 21.1. The monoisotopic (exact) mass is 655 g/mol. The minimum absolute atomic E-state index is 0.0633. The van der Waals surface area contributed by atoms with Crippen LogP contribution in [0.2, 0.25) is 15.1 Å². The maximum Gasteiger partial charge on any atom is 0.338 e. The van der Waals surface area contributed by atoms with E-state index in [0.29, 0.717) is 50.5 Å². The van der Waals surface area contributed by atoms with Crippen LogP contribution in [-0.4, -0.2) is 36.4 Å². The number of nitrogens with zero attached hydrogens (tertiary/aromatic N) is 1. The maximum absolute atomic E-state index is 12.3. The number of hydrogen-bond acceptors (Lipinski definition) is 8. The second-order valence-electron chi connectivity index (χ2n) is 11.1. The fraction of sp³-hybridized carbons (Fsp3) is 0.303. The summed E-state index contributed by atoms with van der Waals surface area (Å²) in [6.45, 7) is 0.165. The van der Waals surface area contributed by atoms with E-state index in [2.05, 4.69) is 5.16 Å². The molecule has 228 valence electrons. The Hall–Kier alpha value is -3.56. The number of aromatic nitrogens is 1. The highest BCUT2D eigenvalue weighted by atomic mass is 35.5. The molecule has 0 aliphatic heterocycles. The van der Waals surface area contributed by atoms with Crippen LogP contribution >= 0.6 is 34.8 Å². The predicted molar refractivity (Wildman–Crippen MR) is 165 cm³/mol. The molecule has 2 aliphatic rings. The molecule has 0 atom stereocenters. The number of rotatable bonds is 9. The third-order valence-electron chi connectivity index (χ3n) is 8.29. The van der Waals surface area contributed by atoms with Crippen LogP contribution < -0.4 is 4.74 Å². The largest absolute Gasteiger partial charge is 0.489 e. The van der Waals surface area contributed by atoms with E-state index in [1.165, 1.54) is 14.2 Å². The Labute approximate surface area is 268 Å². The van der Waals surface area contributed by atoms with Crippen molar-refractivity contribution in [1.29, 1.82) is 0 Å². The number of hydrogen-bond donors (Lipinski definition) is 1. The highest BCUT2D eigenvalue weighted by Gasteiger charge is 2.46. The van der Waals surface area contributed by atoms with Gasteiger partial charge in [0.25, 0.3) is 0 Å². The summed E-state index contributed by atoms with van der Waals surface area (Å²) in [6, 6.07) is 15.4. The van der Waals surface area contributed by atoms with Crippen molar-refractivity contribution >= 4 is 46.7 Å². The lowest BCUT2D eigenvalue weighted by atomic mass is 9.64. The molecule has 2 fully saturated rings. The highest BCUT2D eigenvalue weighted by Crippen LogP contribution is 2.53. The average Bonchev–Trinajstić information content (AvgIpc) is 3.77. The van der Waals surface area contributed by atoms with Crippen LogP contribution in [0.4, 0.5) is 0 Å². The molecule has 0 amide bonds. The smallest absolute Gasteiger partial charge is 0.338 e. The number of aliphatic hydroxyl groups is 1. The second-order valence-corrected chi connectivity index (χ2v) is 12.3. The Balaban J connectivity index is 1.18. The van der Waals surface area contributed by atoms with Crippen molar-refractivity contribution in [3.63, 3.8) is 0 Å². The minimum atomic E-state index is -1.17. The Morgan fingerprint density at radius 2 is 1.59 bits per heavy atom. The van der Waals surface area contributed by atoms with Crippen LogP contribution in [0.5, 0.6) is 5.75 Å². The van der Waals surface area contributed by atoms with E-state index < -0.39 is 17.5 Å². The van der Waals surface area contributed by atoms with Crippen LogP contribution in [-0.2, 0) is 21.7 Å². The van der Waals surface area contributed by atoms with E-state index in [4.69, 9.17) is 53.5 Å². The van der Waals surface area contributed by atoms with Gasteiger partial charge in [-0.2, -0.15) is 0 Å². The van der Waals surface area contributed by atoms with Crippen LogP contribution in [0.1, 0.15) is 80.7 Å². The van der Waals surface area contributed by atoms with E-state index in [-0.39, 0.29) is 29.6 Å². The molecule has 1 aromatic heterocycles. The molecule has 0 saturated heterocycles. The van der Waals surface area contributed by atoms with Crippen LogP contribution in [0.15, 0.2) is 59.1 Å². The Morgan fingerprint density at radius 3 is 2.23 bits per heavy atom. The van der Waals surface area contributed by atoms with Gasteiger partial charge in [-0.1, -0.05) is 58.2 Å². The van der Waals surface area contributed by atoms with E-state index in [1.807, 2.05) is 0 Å². The molecule has 0 unspecified atom stereocenters. The Bertz CT molecular complexity index is 1740. The molecule has 3 aromatic carbocycles. The number of ether oxygens (including phenoxy) is 3. The van der Waals surface area contributed by atoms with Gasteiger partial charge in [0.1, 0.15) is 23.8 Å². The molecule has 1 N–H and O–H groups in total. The van der Waals surface area contributed by atoms with Gasteiger partial charge in [0.05, 0.1) is 51.6 Å². The van der Waals surface area contributed by atoms with Gasteiger partial charge >= 0.3 is 11.9 Å². The van der Waals surface area contributed by atoms with Crippen molar-refractivity contribution < 1.29 is 33.4 Å². The van der Waals surface area contributed by atoms with E-state index in [1.54, 1.807) is 54.6 Å². The highest BCUT2D eigenvalue weighted by molar-refractivity contribution is 6.39. The summed E-state index contributed by atoms with van der Waals surface area (Å²) < 4.78 is 21.5. The molecule has 2 saturated carbocycles. The first-order valence-electron chi connectivity index (χ1n) is 14.0. The third kappa shape index (κ3) is 5.68. The van der Waals surface area contributed by atoms with Gasteiger partial charge < -0.3 is 23.8 Å². The quantitative estimate of drug-likeness (QED) is 0.180. The average molecular weight is 657 g/mol. The fourth-order valence-electron chi connectivity index (χ4n) is 5.76. The topological polar surface area (TPSA) is 108 Å². The zero-order valence-corrected chi connectivity index (χ0v) is 26.1. The molecule has 0 spiro atoms. The summed E-state index contributed by atoms with van der Waals surface area (Å²) in [5.41, 5.74) is 2.37. The summed E-state index contributed by atoms with van der Waals surface area (Å²) in [4.78, 5) is 24.5. The molecule has 4 aromatic rings. The lowest BCUT2D eigenvalue weighted by Gasteiger charge is -2.45. The molecule has 11 heteroatoms. The molecule has 44 heavy (non-hydrogen) atoms. The SMILES string of the molecule is COC(=O)c1ccc(C2CC(O)(c3ccc(OCc4c(-c5c(Cl)cccc5Cl)noc4C4CC4)cc3Cl)C2)cc1C(=O)OC. The number of carbonyl (C=O) groups excluding carboxylic acids is 2. The first-order valence-corrected chi connectivity index (χ1v) is 15.2. The van der Waals surface area contributed by atoms with Gasteiger partial charge in [-0.15, -0.1) is 0 Å². The van der Waals surface area contributed by atoms with Gasteiger partial charge in [0.2, 0.25) is 0 Å². The zero-order valence-electron chi connectivity index (χ0n) is 23.9. The lowest BCUT2D eigenvalue weighted by molar-refractivity contribution is -0.0549. The minimum Gasteiger partial charge on any atom is -0.489 e. The van der Waals surface area contributed by atoms with Crippen LogP contribution in [0, 0.1) is 0 Å². The molecule has 8 nitrogen and oxygen atoms in total. The molecule has 0 radical (unpaired) electrons. The third-order valence-corrected chi connectivity index (χ3v) is 9.23. The van der Waals surface area contributed by atoms with Gasteiger partial charge in [0, 0.05) is 17.0 Å². The van der Waals surface area contributed by atoms with Gasteiger partial charge in [-0.25, -0.2) is 9.59 Å². The van der Waals surface area contributed by atoms with Crippen molar-refractivity contribution in [2.45, 2.75) is 49.7 Å². The first kappa shape index (κ1) is 30.5. The summed E-state index contributed by atoms with van der Waals surface area (Å²) in [5, 5.41) is 17.1. The van der Waals surface area contributed by atoms with E-state index >= 15 is 0 Å².